The van der Waals surface area contributed by atoms with Gasteiger partial charge in [0.1, 0.15) is 5.82 Å². The first kappa shape index (κ1) is 13.6. The fourth-order valence-corrected chi connectivity index (χ4v) is 2.52. The molecule has 2 aromatic carbocycles. The second-order valence-corrected chi connectivity index (χ2v) is 5.38. The van der Waals surface area contributed by atoms with Gasteiger partial charge in [0.05, 0.1) is 11.2 Å². The molecule has 0 bridgehead atoms. The van der Waals surface area contributed by atoms with E-state index >= 15 is 0 Å². The van der Waals surface area contributed by atoms with E-state index in [2.05, 4.69) is 4.98 Å². The third-order valence-electron chi connectivity index (χ3n) is 3.27. The van der Waals surface area contributed by atoms with Crippen LogP contribution in [0.4, 0.5) is 5.82 Å². The maximum atomic E-state index is 12.5. The second kappa shape index (κ2) is 5.22. The standard InChI is InChI=1S/C16H14ClN3O/c1-19(2)15-13-9-8-11(17)10-14(13)20(16(21)18-15)12-6-4-3-5-7-12/h3-10H,1-2H3. The first-order valence-corrected chi connectivity index (χ1v) is 6.91. The summed E-state index contributed by atoms with van der Waals surface area (Å²) in [7, 11) is 3.73. The summed E-state index contributed by atoms with van der Waals surface area (Å²) in [4.78, 5) is 18.5. The Kier molecular flexibility index (Phi) is 3.39. The van der Waals surface area contributed by atoms with Crippen LogP contribution in [0.1, 0.15) is 0 Å². The van der Waals surface area contributed by atoms with Crippen molar-refractivity contribution in [2.75, 3.05) is 19.0 Å². The van der Waals surface area contributed by atoms with Crippen molar-refractivity contribution in [3.05, 3.63) is 64.0 Å². The number of benzene rings is 2. The number of hydrogen-bond donors (Lipinski definition) is 0. The van der Waals surface area contributed by atoms with E-state index in [1.54, 1.807) is 16.7 Å². The summed E-state index contributed by atoms with van der Waals surface area (Å²) in [6.07, 6.45) is 0. The van der Waals surface area contributed by atoms with Crippen LogP contribution in [0.15, 0.2) is 53.3 Å². The number of nitrogens with zero attached hydrogens (tertiary/aromatic N) is 3. The highest BCUT2D eigenvalue weighted by molar-refractivity contribution is 6.31. The average Bonchev–Trinajstić information content (AvgIpc) is 2.47. The van der Waals surface area contributed by atoms with Gasteiger partial charge in [0.2, 0.25) is 0 Å². The zero-order chi connectivity index (χ0) is 15.0. The molecular formula is C16H14ClN3O. The van der Waals surface area contributed by atoms with Crippen LogP contribution in [0.3, 0.4) is 0 Å². The molecule has 0 saturated heterocycles. The number of aromatic nitrogens is 2. The van der Waals surface area contributed by atoms with E-state index in [-0.39, 0.29) is 5.69 Å². The summed E-state index contributed by atoms with van der Waals surface area (Å²) in [6, 6.07) is 14.9. The molecular weight excluding hydrogens is 286 g/mol. The Labute approximate surface area is 127 Å². The Hall–Kier alpha value is -2.33. The molecule has 0 spiro atoms. The van der Waals surface area contributed by atoms with Crippen molar-refractivity contribution in [2.24, 2.45) is 0 Å². The molecule has 0 aliphatic heterocycles. The van der Waals surface area contributed by atoms with Crippen molar-refractivity contribution in [3.8, 4) is 5.69 Å². The molecule has 0 amide bonds. The van der Waals surface area contributed by atoms with Crippen LogP contribution in [0, 0.1) is 0 Å². The van der Waals surface area contributed by atoms with Crippen LogP contribution in [-0.4, -0.2) is 23.6 Å². The number of anilines is 1. The number of rotatable bonds is 2. The molecule has 0 saturated carbocycles. The topological polar surface area (TPSA) is 38.1 Å². The molecule has 0 radical (unpaired) electrons. The summed E-state index contributed by atoms with van der Waals surface area (Å²) in [5, 5.41) is 1.47. The second-order valence-electron chi connectivity index (χ2n) is 4.94. The maximum absolute atomic E-state index is 12.5. The Balaban J connectivity index is 2.46. The first-order chi connectivity index (χ1) is 10.1. The minimum atomic E-state index is -0.320. The molecule has 0 fully saturated rings. The van der Waals surface area contributed by atoms with E-state index in [1.807, 2.05) is 55.4 Å². The minimum Gasteiger partial charge on any atom is -0.362 e. The lowest BCUT2D eigenvalue weighted by molar-refractivity contribution is 0.936. The van der Waals surface area contributed by atoms with Crippen LogP contribution in [0.2, 0.25) is 5.02 Å². The highest BCUT2D eigenvalue weighted by Crippen LogP contribution is 2.26. The van der Waals surface area contributed by atoms with E-state index in [0.717, 1.165) is 16.6 Å². The number of para-hydroxylation sites is 1. The summed E-state index contributed by atoms with van der Waals surface area (Å²) in [5.74, 6) is 0.638. The molecule has 21 heavy (non-hydrogen) atoms. The van der Waals surface area contributed by atoms with E-state index in [9.17, 15) is 4.79 Å². The molecule has 0 atom stereocenters. The molecule has 3 aromatic rings. The SMILES string of the molecule is CN(C)c1nc(=O)n(-c2ccccc2)c2cc(Cl)ccc12. The number of hydrogen-bond acceptors (Lipinski definition) is 3. The fraction of sp³-hybridized carbons (Fsp3) is 0.125. The van der Waals surface area contributed by atoms with Crippen LogP contribution in [-0.2, 0) is 0 Å². The quantitative estimate of drug-likeness (QED) is 0.730. The van der Waals surface area contributed by atoms with Crippen molar-refractivity contribution < 1.29 is 0 Å². The van der Waals surface area contributed by atoms with Crippen LogP contribution in [0.5, 0.6) is 0 Å². The number of fused-ring (bicyclic) bond motifs is 1. The fourth-order valence-electron chi connectivity index (χ4n) is 2.35. The zero-order valence-corrected chi connectivity index (χ0v) is 12.5. The Morgan fingerprint density at radius 1 is 1.10 bits per heavy atom. The van der Waals surface area contributed by atoms with Gasteiger partial charge in [-0.15, -0.1) is 0 Å². The van der Waals surface area contributed by atoms with E-state index in [0.29, 0.717) is 10.8 Å². The van der Waals surface area contributed by atoms with Gasteiger partial charge in [-0.25, -0.2) is 4.79 Å². The van der Waals surface area contributed by atoms with Gasteiger partial charge in [-0.1, -0.05) is 29.8 Å². The summed E-state index contributed by atoms with van der Waals surface area (Å²) in [6.45, 7) is 0. The van der Waals surface area contributed by atoms with Gasteiger partial charge in [0, 0.05) is 24.5 Å². The van der Waals surface area contributed by atoms with Gasteiger partial charge >= 0.3 is 5.69 Å². The van der Waals surface area contributed by atoms with E-state index in [1.165, 1.54) is 0 Å². The van der Waals surface area contributed by atoms with Crippen molar-refractivity contribution in [3.63, 3.8) is 0 Å². The molecule has 0 aliphatic carbocycles. The molecule has 106 valence electrons. The van der Waals surface area contributed by atoms with Crippen molar-refractivity contribution in [1.29, 1.82) is 0 Å². The van der Waals surface area contributed by atoms with Gasteiger partial charge in [0.15, 0.2) is 0 Å². The Morgan fingerprint density at radius 3 is 2.48 bits per heavy atom. The summed E-state index contributed by atoms with van der Waals surface area (Å²) >= 11 is 6.11. The smallest absolute Gasteiger partial charge is 0.354 e. The average molecular weight is 300 g/mol. The van der Waals surface area contributed by atoms with Crippen molar-refractivity contribution >= 4 is 28.3 Å². The molecule has 3 rings (SSSR count). The lowest BCUT2D eigenvalue weighted by Gasteiger charge is -2.17. The van der Waals surface area contributed by atoms with Crippen LogP contribution >= 0.6 is 11.6 Å². The Bertz CT molecular complexity index is 857. The van der Waals surface area contributed by atoms with E-state index in [4.69, 9.17) is 11.6 Å². The molecule has 0 N–H and O–H groups in total. The van der Waals surface area contributed by atoms with Crippen LogP contribution in [0.25, 0.3) is 16.6 Å². The highest BCUT2D eigenvalue weighted by atomic mass is 35.5. The van der Waals surface area contributed by atoms with Gasteiger partial charge in [-0.3, -0.25) is 4.57 Å². The third kappa shape index (κ3) is 2.38. The lowest BCUT2D eigenvalue weighted by atomic mass is 10.2. The molecule has 0 unspecified atom stereocenters. The first-order valence-electron chi connectivity index (χ1n) is 6.53. The molecule has 5 heteroatoms. The molecule has 4 nitrogen and oxygen atoms in total. The van der Waals surface area contributed by atoms with Gasteiger partial charge in [-0.2, -0.15) is 4.98 Å². The predicted molar refractivity (Wildman–Crippen MR) is 86.7 cm³/mol. The number of halogens is 1. The zero-order valence-electron chi connectivity index (χ0n) is 11.7. The highest BCUT2D eigenvalue weighted by Gasteiger charge is 2.13. The Morgan fingerprint density at radius 2 is 1.81 bits per heavy atom. The molecule has 1 heterocycles. The maximum Gasteiger partial charge on any atom is 0.354 e. The molecule has 1 aromatic heterocycles. The summed E-state index contributed by atoms with van der Waals surface area (Å²) in [5.41, 5.74) is 1.20. The monoisotopic (exact) mass is 299 g/mol. The summed E-state index contributed by atoms with van der Waals surface area (Å²) < 4.78 is 1.58. The third-order valence-corrected chi connectivity index (χ3v) is 3.51. The van der Waals surface area contributed by atoms with Gasteiger partial charge in [0.25, 0.3) is 0 Å². The lowest BCUT2D eigenvalue weighted by Crippen LogP contribution is -2.25. The van der Waals surface area contributed by atoms with Crippen molar-refractivity contribution in [1.82, 2.24) is 9.55 Å². The van der Waals surface area contributed by atoms with Crippen LogP contribution < -0.4 is 10.6 Å². The van der Waals surface area contributed by atoms with Crippen molar-refractivity contribution in [2.45, 2.75) is 0 Å². The van der Waals surface area contributed by atoms with Gasteiger partial charge < -0.3 is 4.90 Å². The normalized spacial score (nSPS) is 10.8. The van der Waals surface area contributed by atoms with E-state index < -0.39 is 0 Å². The predicted octanol–water partition coefficient (Wildman–Crippen LogP) is 3.11. The molecule has 0 aliphatic rings. The van der Waals surface area contributed by atoms with Gasteiger partial charge in [-0.05, 0) is 30.3 Å². The largest absolute Gasteiger partial charge is 0.362 e. The minimum absolute atomic E-state index is 0.320.